The number of urea groups is 1. The van der Waals surface area contributed by atoms with Gasteiger partial charge in [-0.15, -0.1) is 4.41 Å². The van der Waals surface area contributed by atoms with Gasteiger partial charge >= 0.3 is 6.03 Å². The molecule has 0 radical (unpaired) electrons. The van der Waals surface area contributed by atoms with Crippen LogP contribution in [-0.4, -0.2) is 61.9 Å². The minimum Gasteiger partial charge on any atom is -0.377 e. The van der Waals surface area contributed by atoms with Gasteiger partial charge in [-0.25, -0.2) is 22.0 Å². The molecule has 1 saturated heterocycles. The maximum absolute atomic E-state index is 13.5. The van der Waals surface area contributed by atoms with E-state index in [0.29, 0.717) is 13.1 Å². The molecule has 1 aliphatic carbocycles. The maximum atomic E-state index is 13.5. The number of benzene rings is 1. The Morgan fingerprint density at radius 3 is 2.44 bits per heavy atom. The lowest BCUT2D eigenvalue weighted by molar-refractivity contribution is 0.0334. The Balaban J connectivity index is 1.42. The number of ether oxygens (including phenoxy) is 1. The van der Waals surface area contributed by atoms with Gasteiger partial charge in [-0.1, -0.05) is 6.07 Å². The van der Waals surface area contributed by atoms with Crippen LogP contribution >= 0.6 is 0 Å². The van der Waals surface area contributed by atoms with Gasteiger partial charge in [0.05, 0.1) is 18.5 Å². The van der Waals surface area contributed by atoms with Crippen molar-refractivity contribution < 1.29 is 26.7 Å². The summed E-state index contributed by atoms with van der Waals surface area (Å²) in [6.07, 6.45) is 5.88. The molecule has 10 heteroatoms. The van der Waals surface area contributed by atoms with Crippen molar-refractivity contribution in [3.8, 4) is 0 Å². The number of hydrazine groups is 1. The summed E-state index contributed by atoms with van der Waals surface area (Å²) in [5.41, 5.74) is 3.30. The fourth-order valence-electron chi connectivity index (χ4n) is 4.38. The molecule has 1 heterocycles. The average molecular weight is 474 g/mol. The number of sulfonamides is 1. The minimum absolute atomic E-state index is 0.0406. The van der Waals surface area contributed by atoms with Gasteiger partial charge < -0.3 is 9.64 Å². The van der Waals surface area contributed by atoms with E-state index < -0.39 is 21.7 Å². The number of amides is 2. The van der Waals surface area contributed by atoms with Gasteiger partial charge in [0.2, 0.25) is 10.0 Å². The zero-order valence-electron chi connectivity index (χ0n) is 18.6. The summed E-state index contributed by atoms with van der Waals surface area (Å²) in [7, 11) is -3.70. The molecule has 7 nitrogen and oxygen atoms in total. The van der Waals surface area contributed by atoms with Crippen LogP contribution in [0.15, 0.2) is 18.2 Å². The second-order valence-corrected chi connectivity index (χ2v) is 10.5. The Morgan fingerprint density at radius 2 is 1.81 bits per heavy atom. The average Bonchev–Trinajstić information content (AvgIpc) is 2.80. The highest BCUT2D eigenvalue weighted by molar-refractivity contribution is 7.89. The molecular formula is C22H33F2N3O4S. The molecule has 1 N–H and O–H groups in total. The van der Waals surface area contributed by atoms with Crippen LogP contribution in [0.5, 0.6) is 0 Å². The van der Waals surface area contributed by atoms with Crippen molar-refractivity contribution in [1.82, 2.24) is 14.7 Å². The molecule has 0 unspecified atom stereocenters. The molecule has 1 aliphatic heterocycles. The third-order valence-corrected chi connectivity index (χ3v) is 7.97. The first-order valence-electron chi connectivity index (χ1n) is 11.4. The summed E-state index contributed by atoms with van der Waals surface area (Å²) >= 11 is 0. The van der Waals surface area contributed by atoms with E-state index in [4.69, 9.17) is 4.74 Å². The molecule has 1 saturated carbocycles. The van der Waals surface area contributed by atoms with Crippen LogP contribution in [0, 0.1) is 11.6 Å². The minimum atomic E-state index is -3.70. The molecule has 2 aliphatic rings. The van der Waals surface area contributed by atoms with Crippen molar-refractivity contribution >= 4 is 16.1 Å². The molecule has 2 amide bonds. The van der Waals surface area contributed by atoms with Gasteiger partial charge in [0, 0.05) is 19.6 Å². The van der Waals surface area contributed by atoms with Gasteiger partial charge in [0.25, 0.3) is 0 Å². The van der Waals surface area contributed by atoms with Crippen LogP contribution < -0.4 is 5.43 Å². The quantitative estimate of drug-likeness (QED) is 0.583. The van der Waals surface area contributed by atoms with Gasteiger partial charge in [-0.2, -0.15) is 0 Å². The fourth-order valence-corrected chi connectivity index (χ4v) is 5.52. The molecular weight excluding hydrogens is 440 g/mol. The zero-order valence-corrected chi connectivity index (χ0v) is 19.4. The number of likely N-dealkylation sites (tertiary alicyclic amines) is 1. The Kier molecular flexibility index (Phi) is 8.84. The van der Waals surface area contributed by atoms with Gasteiger partial charge in [0.15, 0.2) is 11.6 Å². The Labute approximate surface area is 189 Å². The Bertz CT molecular complexity index is 870. The van der Waals surface area contributed by atoms with Crippen LogP contribution in [0.3, 0.4) is 0 Å². The van der Waals surface area contributed by atoms with E-state index in [1.165, 1.54) is 6.07 Å². The van der Waals surface area contributed by atoms with E-state index in [0.717, 1.165) is 61.0 Å². The Morgan fingerprint density at radius 1 is 1.12 bits per heavy atom. The molecule has 0 spiro atoms. The lowest BCUT2D eigenvalue weighted by Gasteiger charge is -2.30. The summed E-state index contributed by atoms with van der Waals surface area (Å²) in [6, 6.07) is 3.65. The monoisotopic (exact) mass is 473 g/mol. The first-order chi connectivity index (χ1) is 15.3. The van der Waals surface area contributed by atoms with Crippen LogP contribution in [0.2, 0.25) is 0 Å². The van der Waals surface area contributed by atoms with E-state index in [-0.39, 0.29) is 37.0 Å². The Hall–Kier alpha value is -1.78. The molecule has 180 valence electrons. The van der Waals surface area contributed by atoms with Crippen molar-refractivity contribution in [3.63, 3.8) is 0 Å². The molecule has 0 aromatic heterocycles. The number of carbonyl (C=O) groups is 1. The summed E-state index contributed by atoms with van der Waals surface area (Å²) in [5, 5.41) is 0. The second-order valence-electron chi connectivity index (χ2n) is 8.46. The highest BCUT2D eigenvalue weighted by atomic mass is 32.2. The van der Waals surface area contributed by atoms with E-state index in [1.807, 2.05) is 0 Å². The molecule has 1 aromatic carbocycles. The number of carbonyl (C=O) groups excluding carboxylic acids is 1. The molecule has 0 bridgehead atoms. The van der Waals surface area contributed by atoms with Gasteiger partial charge in [-0.3, -0.25) is 5.43 Å². The normalized spacial score (nSPS) is 22.2. The second kappa shape index (κ2) is 11.4. The number of hydrogen-bond acceptors (Lipinski definition) is 4. The van der Waals surface area contributed by atoms with Crippen molar-refractivity contribution in [2.75, 3.05) is 32.0 Å². The predicted octanol–water partition coefficient (Wildman–Crippen LogP) is 3.77. The van der Waals surface area contributed by atoms with Crippen LogP contribution in [-0.2, 0) is 14.8 Å². The topological polar surface area (TPSA) is 79.0 Å². The summed E-state index contributed by atoms with van der Waals surface area (Å²) in [6.45, 7) is 3.13. The summed E-state index contributed by atoms with van der Waals surface area (Å²) in [5.74, 6) is -1.75. The smallest absolute Gasteiger partial charge is 0.332 e. The van der Waals surface area contributed by atoms with Gasteiger partial charge in [-0.05, 0) is 75.5 Å². The lowest BCUT2D eigenvalue weighted by Crippen LogP contribution is -2.53. The fraction of sp³-hybridized carbons (Fsp3) is 0.682. The van der Waals surface area contributed by atoms with Crippen molar-refractivity contribution in [3.05, 3.63) is 35.4 Å². The lowest BCUT2D eigenvalue weighted by atomic mass is 9.82. The highest BCUT2D eigenvalue weighted by Crippen LogP contribution is 2.34. The standard InChI is InChI=1S/C22H33F2N3O4S/c1-2-27(25-22(28)26-12-4-3-5-13-26)32(29,30)15-14-31-19-9-6-17(7-10-19)18-8-11-20(23)21(24)16-18/h8,11,16-17,19H,2-7,9-10,12-15H2,1H3,(H,25,28). The molecule has 32 heavy (non-hydrogen) atoms. The number of nitrogens with zero attached hydrogens (tertiary/aromatic N) is 2. The number of nitrogens with one attached hydrogen (secondary N) is 1. The third-order valence-electron chi connectivity index (χ3n) is 6.27. The molecule has 1 aromatic rings. The molecule has 3 rings (SSSR count). The number of halogens is 2. The van der Waals surface area contributed by atoms with Crippen molar-refractivity contribution in [2.45, 2.75) is 63.9 Å². The first-order valence-corrected chi connectivity index (χ1v) is 13.0. The molecule has 2 fully saturated rings. The van der Waals surface area contributed by atoms with E-state index in [2.05, 4.69) is 5.43 Å². The van der Waals surface area contributed by atoms with Crippen molar-refractivity contribution in [2.24, 2.45) is 0 Å². The summed E-state index contributed by atoms with van der Waals surface area (Å²) < 4.78 is 58.7. The zero-order chi connectivity index (χ0) is 23.1. The van der Waals surface area contributed by atoms with Crippen LogP contribution in [0.1, 0.15) is 63.4 Å². The van der Waals surface area contributed by atoms with Crippen LogP contribution in [0.4, 0.5) is 13.6 Å². The largest absolute Gasteiger partial charge is 0.377 e. The van der Waals surface area contributed by atoms with E-state index in [1.54, 1.807) is 17.9 Å². The third kappa shape index (κ3) is 6.62. The first kappa shape index (κ1) is 24.9. The number of rotatable bonds is 8. The SMILES string of the molecule is CCN(NC(=O)N1CCCCC1)S(=O)(=O)CCOC1CCC(c2ccc(F)c(F)c2)CC1. The number of piperidine rings is 1. The molecule has 0 atom stereocenters. The summed E-state index contributed by atoms with van der Waals surface area (Å²) in [4.78, 5) is 14.0. The van der Waals surface area contributed by atoms with E-state index >= 15 is 0 Å². The van der Waals surface area contributed by atoms with Crippen LogP contribution in [0.25, 0.3) is 0 Å². The van der Waals surface area contributed by atoms with E-state index in [9.17, 15) is 22.0 Å². The van der Waals surface area contributed by atoms with Gasteiger partial charge in [0.1, 0.15) is 0 Å². The number of hydrogen-bond donors (Lipinski definition) is 1. The predicted molar refractivity (Wildman–Crippen MR) is 117 cm³/mol. The highest BCUT2D eigenvalue weighted by Gasteiger charge is 2.27. The maximum Gasteiger partial charge on any atom is 0.332 e. The van der Waals surface area contributed by atoms with Crippen molar-refractivity contribution in [1.29, 1.82) is 0 Å².